The third-order valence-electron chi connectivity index (χ3n) is 0.367. The molecule has 0 aromatic heterocycles. The van der Waals surface area contributed by atoms with Crippen molar-refractivity contribution in [3.05, 3.63) is 0 Å². The van der Waals surface area contributed by atoms with E-state index in [9.17, 15) is 4.21 Å². The van der Waals surface area contributed by atoms with Crippen molar-refractivity contribution in [2.24, 2.45) is 0 Å². The molecule has 0 aliphatic carbocycles. The quantitative estimate of drug-likeness (QED) is 0.679. The van der Waals surface area contributed by atoms with E-state index in [4.69, 9.17) is 2.52 Å². The molecule has 0 saturated heterocycles. The molecule has 0 aliphatic rings. The van der Waals surface area contributed by atoms with Crippen LogP contribution in [0.1, 0.15) is 0 Å². The molecule has 0 aromatic carbocycles. The Morgan fingerprint density at radius 1 is 1.38 bits per heavy atom. The van der Waals surface area contributed by atoms with Gasteiger partial charge < -0.3 is 0 Å². The van der Waals surface area contributed by atoms with Gasteiger partial charge in [-0.1, -0.05) is 0 Å². The zero-order chi connectivity index (χ0) is 6.78. The van der Waals surface area contributed by atoms with E-state index in [-0.39, 0.29) is 0 Å². The summed E-state index contributed by atoms with van der Waals surface area (Å²) in [5.41, 5.74) is 0. The zero-order valence-corrected chi connectivity index (χ0v) is 9.40. The standard InChI is InChI=1S/CH4O2S.3CH3.Sn/c1-4(2)3;;;;/h1H3,(H,2,3);3*1H3;/q;;;;+1/p-1. The van der Waals surface area contributed by atoms with Gasteiger partial charge in [-0.25, -0.2) is 0 Å². The average Bonchev–Trinajstić information content (AvgIpc) is 1.21. The van der Waals surface area contributed by atoms with Gasteiger partial charge in [0.15, 0.2) is 0 Å². The van der Waals surface area contributed by atoms with Crippen LogP contribution in [-0.4, -0.2) is 29.3 Å². The van der Waals surface area contributed by atoms with Crippen LogP contribution in [0.3, 0.4) is 0 Å². The fourth-order valence-corrected chi connectivity index (χ4v) is 7.09. The van der Waals surface area contributed by atoms with Gasteiger partial charge in [0.05, 0.1) is 0 Å². The number of rotatable bonds is 2. The number of hydrogen-bond acceptors (Lipinski definition) is 2. The summed E-state index contributed by atoms with van der Waals surface area (Å²) in [6.07, 6.45) is 1.57. The van der Waals surface area contributed by atoms with Crippen LogP contribution in [0.15, 0.2) is 0 Å². The Morgan fingerprint density at radius 2 is 1.75 bits per heavy atom. The minimum absolute atomic E-state index is 1.04. The maximum atomic E-state index is 10.4. The molecule has 8 heavy (non-hydrogen) atoms. The first-order chi connectivity index (χ1) is 3.42. The fraction of sp³-hybridized carbons (Fsp3) is 1.00. The normalized spacial score (nSPS) is 16.0. The molecule has 0 amide bonds. The first-order valence-electron chi connectivity index (χ1n) is 2.45. The molecule has 0 fully saturated rings. The van der Waals surface area contributed by atoms with Crippen molar-refractivity contribution in [3.8, 4) is 0 Å². The Bertz CT molecular complexity index is 96.7. The summed E-state index contributed by atoms with van der Waals surface area (Å²) in [7, 11) is 0. The molecule has 0 heterocycles. The Morgan fingerprint density at radius 3 is 1.75 bits per heavy atom. The van der Waals surface area contributed by atoms with E-state index in [1.54, 1.807) is 6.26 Å². The summed E-state index contributed by atoms with van der Waals surface area (Å²) in [4.78, 5) is 6.24. The molecular formula is C4H12O2SSn. The summed E-state index contributed by atoms with van der Waals surface area (Å²) < 4.78 is 15.5. The van der Waals surface area contributed by atoms with E-state index < -0.39 is 29.9 Å². The van der Waals surface area contributed by atoms with Crippen molar-refractivity contribution in [1.82, 2.24) is 0 Å². The van der Waals surface area contributed by atoms with E-state index >= 15 is 0 Å². The van der Waals surface area contributed by atoms with Gasteiger partial charge in [0, 0.05) is 0 Å². The Hall–Kier alpha value is 0.909. The number of hydrogen-bond donors (Lipinski definition) is 0. The molecule has 0 saturated carbocycles. The van der Waals surface area contributed by atoms with E-state index in [0.29, 0.717) is 0 Å². The minimum atomic E-state index is -2.16. The average molecular weight is 243 g/mol. The molecular weight excluding hydrogens is 231 g/mol. The van der Waals surface area contributed by atoms with Gasteiger partial charge >= 0.3 is 57.7 Å². The molecule has 1 unspecified atom stereocenters. The van der Waals surface area contributed by atoms with Crippen LogP contribution >= 0.6 is 0 Å². The van der Waals surface area contributed by atoms with Gasteiger partial charge in [-0.2, -0.15) is 0 Å². The SMILES string of the molecule is CS(=O)[O][Sn]([CH3])([CH3])[CH3]. The van der Waals surface area contributed by atoms with Crippen molar-refractivity contribution in [3.63, 3.8) is 0 Å². The maximum absolute atomic E-state index is 10.4. The summed E-state index contributed by atoms with van der Waals surface area (Å²) >= 11 is -3.20. The van der Waals surface area contributed by atoms with Gasteiger partial charge in [-0.05, 0) is 0 Å². The van der Waals surface area contributed by atoms with Crippen molar-refractivity contribution in [2.75, 3.05) is 6.26 Å². The van der Waals surface area contributed by atoms with E-state index in [1.807, 2.05) is 0 Å². The second-order valence-electron chi connectivity index (χ2n) is 2.60. The molecule has 0 aliphatic heterocycles. The van der Waals surface area contributed by atoms with Gasteiger partial charge in [-0.15, -0.1) is 0 Å². The molecule has 50 valence electrons. The van der Waals surface area contributed by atoms with Crippen molar-refractivity contribution in [2.45, 2.75) is 14.8 Å². The molecule has 0 rings (SSSR count). The van der Waals surface area contributed by atoms with Crippen molar-refractivity contribution >= 4 is 29.9 Å². The van der Waals surface area contributed by atoms with Crippen LogP contribution in [-0.2, 0) is 13.6 Å². The first kappa shape index (κ1) is 8.91. The van der Waals surface area contributed by atoms with Crippen molar-refractivity contribution in [1.29, 1.82) is 0 Å². The molecule has 4 heteroatoms. The fourth-order valence-electron chi connectivity index (χ4n) is 0.352. The van der Waals surface area contributed by atoms with Crippen LogP contribution in [0.4, 0.5) is 0 Å². The van der Waals surface area contributed by atoms with Crippen LogP contribution in [0.5, 0.6) is 0 Å². The summed E-state index contributed by atoms with van der Waals surface area (Å²) in [5.74, 6) is 0. The van der Waals surface area contributed by atoms with Gasteiger partial charge in [-0.3, -0.25) is 0 Å². The molecule has 1 atom stereocenters. The Balaban J connectivity index is 3.55. The predicted octanol–water partition coefficient (Wildman–Crippen LogP) is 1.13. The van der Waals surface area contributed by atoms with Crippen LogP contribution in [0.2, 0.25) is 14.8 Å². The van der Waals surface area contributed by atoms with Crippen LogP contribution in [0, 0.1) is 0 Å². The van der Waals surface area contributed by atoms with Crippen LogP contribution < -0.4 is 0 Å². The third-order valence-corrected chi connectivity index (χ3v) is 7.39. The monoisotopic (exact) mass is 244 g/mol. The Labute approximate surface area is 57.7 Å². The van der Waals surface area contributed by atoms with Gasteiger partial charge in [0.25, 0.3) is 0 Å². The molecule has 2 nitrogen and oxygen atoms in total. The van der Waals surface area contributed by atoms with Gasteiger partial charge in [0.2, 0.25) is 0 Å². The van der Waals surface area contributed by atoms with E-state index in [0.717, 1.165) is 0 Å². The predicted molar refractivity (Wildman–Crippen MR) is 38.5 cm³/mol. The summed E-state index contributed by atoms with van der Waals surface area (Å²) in [6, 6.07) is 0. The molecule has 0 spiro atoms. The topological polar surface area (TPSA) is 26.3 Å². The van der Waals surface area contributed by atoms with E-state index in [1.165, 1.54) is 0 Å². The Kier molecular flexibility index (Phi) is 3.53. The molecule has 0 radical (unpaired) electrons. The van der Waals surface area contributed by atoms with Gasteiger partial charge in [0.1, 0.15) is 0 Å². The summed E-state index contributed by atoms with van der Waals surface area (Å²) in [6.45, 7) is 0. The second-order valence-corrected chi connectivity index (χ2v) is 17.1. The first-order valence-corrected chi connectivity index (χ1v) is 13.7. The molecule has 0 bridgehead atoms. The zero-order valence-electron chi connectivity index (χ0n) is 5.72. The molecule has 0 N–H and O–H groups in total. The summed E-state index contributed by atoms with van der Waals surface area (Å²) in [5, 5.41) is 0. The third kappa shape index (κ3) is 6.91. The molecule has 0 aromatic rings. The second kappa shape index (κ2) is 3.17. The van der Waals surface area contributed by atoms with E-state index in [2.05, 4.69) is 14.8 Å². The van der Waals surface area contributed by atoms with Crippen molar-refractivity contribution < 1.29 is 6.73 Å². The van der Waals surface area contributed by atoms with Crippen LogP contribution in [0.25, 0.3) is 0 Å².